The van der Waals surface area contributed by atoms with Gasteiger partial charge in [0.2, 0.25) is 10.3 Å². The Labute approximate surface area is 192 Å². The van der Waals surface area contributed by atoms with E-state index >= 15 is 0 Å². The molecule has 2 aromatic heterocycles. The van der Waals surface area contributed by atoms with Gasteiger partial charge in [-0.25, -0.2) is 0 Å². The van der Waals surface area contributed by atoms with E-state index < -0.39 is 10.8 Å². The van der Waals surface area contributed by atoms with Crippen LogP contribution in [0.1, 0.15) is 25.2 Å². The lowest BCUT2D eigenvalue weighted by atomic mass is 10.1. The van der Waals surface area contributed by atoms with Crippen molar-refractivity contribution in [1.82, 2.24) is 9.36 Å². The molecule has 1 N–H and O–H groups in total. The number of nitriles is 1. The molecule has 3 aromatic rings. The zero-order valence-electron chi connectivity index (χ0n) is 17.5. The summed E-state index contributed by atoms with van der Waals surface area (Å²) >= 11 is 2.54. The number of carbonyl (C=O) groups excluding carboxylic acids is 1. The summed E-state index contributed by atoms with van der Waals surface area (Å²) in [5.74, 6) is 1.37. The van der Waals surface area contributed by atoms with Crippen LogP contribution in [-0.4, -0.2) is 25.9 Å². The maximum Gasteiger partial charge on any atom is 0.270 e. The molecule has 0 atom stereocenters. The summed E-state index contributed by atoms with van der Waals surface area (Å²) < 4.78 is 9.90. The van der Waals surface area contributed by atoms with E-state index in [0.717, 1.165) is 22.8 Å². The molecule has 32 heavy (non-hydrogen) atoms. The van der Waals surface area contributed by atoms with Crippen molar-refractivity contribution in [3.8, 4) is 17.4 Å². The number of nitrogens with zero attached hydrogens (tertiary/aromatic N) is 4. The van der Waals surface area contributed by atoms with E-state index in [1.807, 2.05) is 6.07 Å². The number of aromatic nitrogens is 2. The molecule has 1 amide bonds. The van der Waals surface area contributed by atoms with Crippen LogP contribution in [-0.2, 0) is 4.79 Å². The Bertz CT molecular complexity index is 1220. The van der Waals surface area contributed by atoms with Crippen molar-refractivity contribution in [2.75, 3.05) is 11.1 Å². The Balaban J connectivity index is 1.76. The summed E-state index contributed by atoms with van der Waals surface area (Å²) in [6, 6.07) is 9.55. The minimum atomic E-state index is -0.631. The third-order valence-electron chi connectivity index (χ3n) is 4.15. The predicted molar refractivity (Wildman–Crippen MR) is 123 cm³/mol. The summed E-state index contributed by atoms with van der Waals surface area (Å²) in [6.07, 6.45) is 1.31. The number of benzene rings is 1. The normalized spacial score (nSPS) is 11.4. The summed E-state index contributed by atoms with van der Waals surface area (Å²) in [6.45, 7) is 5.99. The number of carbonyl (C=O) groups is 1. The van der Waals surface area contributed by atoms with Gasteiger partial charge in [0.05, 0.1) is 4.92 Å². The van der Waals surface area contributed by atoms with Gasteiger partial charge in [-0.1, -0.05) is 31.7 Å². The van der Waals surface area contributed by atoms with E-state index in [2.05, 4.69) is 28.5 Å². The SMILES string of the molecule is Cc1ccc([N+](=O)[O-])cc1-c1ccc(C=C(C#N)C(=O)Nc2nc(SCC(C)C)ns2)o1. The highest BCUT2D eigenvalue weighted by atomic mass is 32.2. The summed E-state index contributed by atoms with van der Waals surface area (Å²) in [5, 5.41) is 23.9. The van der Waals surface area contributed by atoms with Gasteiger partial charge in [-0.05, 0) is 30.5 Å². The van der Waals surface area contributed by atoms with E-state index in [1.165, 1.54) is 30.0 Å². The number of hydrogen-bond donors (Lipinski definition) is 1. The monoisotopic (exact) mass is 469 g/mol. The van der Waals surface area contributed by atoms with Crippen LogP contribution in [0.25, 0.3) is 17.4 Å². The maximum atomic E-state index is 12.5. The summed E-state index contributed by atoms with van der Waals surface area (Å²) in [7, 11) is 0. The van der Waals surface area contributed by atoms with Gasteiger partial charge in [0.1, 0.15) is 23.2 Å². The van der Waals surface area contributed by atoms with E-state index in [-0.39, 0.29) is 17.0 Å². The minimum absolute atomic E-state index is 0.0563. The average molecular weight is 470 g/mol. The fourth-order valence-corrected chi connectivity index (χ4v) is 4.07. The summed E-state index contributed by atoms with van der Waals surface area (Å²) in [4.78, 5) is 27.3. The number of anilines is 1. The fraction of sp³-hybridized carbons (Fsp3) is 0.238. The molecule has 11 heteroatoms. The molecule has 0 radical (unpaired) electrons. The molecular weight excluding hydrogens is 450 g/mol. The van der Waals surface area contributed by atoms with Gasteiger partial charge in [0.15, 0.2) is 0 Å². The third-order valence-corrected chi connectivity index (χ3v) is 6.17. The van der Waals surface area contributed by atoms with E-state index in [9.17, 15) is 20.2 Å². The van der Waals surface area contributed by atoms with Crippen LogP contribution in [0.5, 0.6) is 0 Å². The number of nitro groups is 1. The average Bonchev–Trinajstić information content (AvgIpc) is 3.40. The Morgan fingerprint density at radius 3 is 2.88 bits per heavy atom. The Kier molecular flexibility index (Phi) is 7.40. The van der Waals surface area contributed by atoms with Crippen LogP contribution in [0, 0.1) is 34.3 Å². The second-order valence-corrected chi connectivity index (χ2v) is 8.91. The fourth-order valence-electron chi connectivity index (χ4n) is 2.58. The number of thioether (sulfide) groups is 1. The van der Waals surface area contributed by atoms with Crippen LogP contribution < -0.4 is 5.32 Å². The van der Waals surface area contributed by atoms with Gasteiger partial charge in [-0.2, -0.15) is 14.6 Å². The van der Waals surface area contributed by atoms with Crippen molar-refractivity contribution in [1.29, 1.82) is 5.26 Å². The molecule has 0 saturated heterocycles. The molecule has 0 bridgehead atoms. The quantitative estimate of drug-likeness (QED) is 0.154. The molecule has 164 valence electrons. The first kappa shape index (κ1) is 23.2. The number of aryl methyl sites for hydroxylation is 1. The van der Waals surface area contributed by atoms with E-state index in [4.69, 9.17) is 4.42 Å². The number of nitro benzene ring substituents is 1. The summed E-state index contributed by atoms with van der Waals surface area (Å²) in [5.41, 5.74) is 1.12. The Morgan fingerprint density at radius 2 is 2.19 bits per heavy atom. The Morgan fingerprint density at radius 1 is 1.41 bits per heavy atom. The molecule has 1 aromatic carbocycles. The van der Waals surface area contributed by atoms with Crippen LogP contribution in [0.3, 0.4) is 0 Å². The first-order chi connectivity index (χ1) is 15.3. The molecular formula is C21H19N5O4S2. The molecule has 0 spiro atoms. The topological polar surface area (TPSA) is 135 Å². The zero-order chi connectivity index (χ0) is 23.3. The molecule has 0 aliphatic carbocycles. The third kappa shape index (κ3) is 5.81. The lowest BCUT2D eigenvalue weighted by molar-refractivity contribution is -0.384. The molecule has 0 fully saturated rings. The molecule has 0 aliphatic heterocycles. The smallest absolute Gasteiger partial charge is 0.270 e. The van der Waals surface area contributed by atoms with Crippen LogP contribution in [0.15, 0.2) is 45.5 Å². The van der Waals surface area contributed by atoms with Crippen LogP contribution in [0.4, 0.5) is 10.8 Å². The highest BCUT2D eigenvalue weighted by molar-refractivity contribution is 7.99. The van der Waals surface area contributed by atoms with Crippen molar-refractivity contribution in [2.45, 2.75) is 25.9 Å². The van der Waals surface area contributed by atoms with Crippen molar-refractivity contribution in [2.24, 2.45) is 5.92 Å². The minimum Gasteiger partial charge on any atom is -0.457 e. The molecule has 0 unspecified atom stereocenters. The second kappa shape index (κ2) is 10.2. The van der Waals surface area contributed by atoms with Gasteiger partial charge in [-0.3, -0.25) is 20.2 Å². The highest BCUT2D eigenvalue weighted by Crippen LogP contribution is 2.30. The van der Waals surface area contributed by atoms with Gasteiger partial charge in [0.25, 0.3) is 11.6 Å². The first-order valence-corrected chi connectivity index (χ1v) is 11.3. The number of rotatable bonds is 8. The lowest BCUT2D eigenvalue weighted by Crippen LogP contribution is -2.13. The van der Waals surface area contributed by atoms with E-state index in [0.29, 0.717) is 27.5 Å². The molecule has 9 nitrogen and oxygen atoms in total. The number of non-ortho nitro benzene ring substituents is 1. The van der Waals surface area contributed by atoms with Gasteiger partial charge >= 0.3 is 0 Å². The first-order valence-electron chi connectivity index (χ1n) is 9.51. The van der Waals surface area contributed by atoms with Crippen LogP contribution >= 0.6 is 23.3 Å². The van der Waals surface area contributed by atoms with E-state index in [1.54, 1.807) is 25.1 Å². The van der Waals surface area contributed by atoms with Crippen LogP contribution in [0.2, 0.25) is 0 Å². The zero-order valence-corrected chi connectivity index (χ0v) is 19.1. The predicted octanol–water partition coefficient (Wildman–Crippen LogP) is 5.31. The molecule has 2 heterocycles. The maximum absolute atomic E-state index is 12.5. The Hall–Kier alpha value is -3.49. The number of amides is 1. The number of hydrogen-bond acceptors (Lipinski definition) is 9. The largest absolute Gasteiger partial charge is 0.457 e. The molecule has 3 rings (SSSR count). The van der Waals surface area contributed by atoms with Crippen molar-refractivity contribution < 1.29 is 14.1 Å². The number of furan rings is 1. The van der Waals surface area contributed by atoms with Crippen molar-refractivity contribution in [3.63, 3.8) is 0 Å². The number of nitrogens with one attached hydrogen (secondary N) is 1. The van der Waals surface area contributed by atoms with Gasteiger partial charge in [-0.15, -0.1) is 0 Å². The van der Waals surface area contributed by atoms with Gasteiger partial charge < -0.3 is 4.42 Å². The van der Waals surface area contributed by atoms with Gasteiger partial charge in [0, 0.05) is 41.1 Å². The standard InChI is InChI=1S/C21H19N5O4S2/c1-12(2)11-31-21-24-20(32-25-21)23-19(27)14(10-22)8-16-6-7-18(30-16)17-9-15(26(28)29)5-4-13(17)3/h4-9,12H,11H2,1-3H3,(H,23,24,25,27). The second-order valence-electron chi connectivity index (χ2n) is 7.17. The highest BCUT2D eigenvalue weighted by Gasteiger charge is 2.16. The molecule has 0 saturated carbocycles. The molecule has 0 aliphatic rings. The van der Waals surface area contributed by atoms with Crippen molar-refractivity contribution >= 4 is 46.1 Å². The lowest BCUT2D eigenvalue weighted by Gasteiger charge is -2.02. The van der Waals surface area contributed by atoms with Crippen molar-refractivity contribution in [3.05, 3.63) is 57.3 Å².